The van der Waals surface area contributed by atoms with Gasteiger partial charge in [0.05, 0.1) is 5.56 Å². The molecule has 0 radical (unpaired) electrons. The summed E-state index contributed by atoms with van der Waals surface area (Å²) in [7, 11) is 0. The molecule has 0 unspecified atom stereocenters. The molecule has 0 bridgehead atoms. The van der Waals surface area contributed by atoms with E-state index in [-0.39, 0.29) is 5.56 Å². The molecule has 0 spiro atoms. The number of carboxylic acid groups (broad SMARTS) is 1. The highest BCUT2D eigenvalue weighted by molar-refractivity contribution is 5.88. The van der Waals surface area contributed by atoms with Gasteiger partial charge in [0.2, 0.25) is 0 Å². The lowest BCUT2D eigenvalue weighted by Crippen LogP contribution is -1.96. The molecule has 0 saturated heterocycles. The fourth-order valence-electron chi connectivity index (χ4n) is 2.12. The fraction of sp³-hybridized carbons (Fsp3) is 0.118. The number of hydrogen-bond donors (Lipinski definition) is 1. The second-order valence-corrected chi connectivity index (χ2v) is 4.68. The van der Waals surface area contributed by atoms with Crippen LogP contribution in [-0.2, 0) is 0 Å². The molecule has 2 heteroatoms. The fourth-order valence-corrected chi connectivity index (χ4v) is 2.12. The van der Waals surface area contributed by atoms with Gasteiger partial charge in [-0.25, -0.2) is 4.79 Å². The third-order valence-electron chi connectivity index (χ3n) is 3.19. The molecule has 0 amide bonds. The number of carboxylic acids is 1. The molecule has 2 aromatic carbocycles. The highest BCUT2D eigenvalue weighted by atomic mass is 16.4. The molecule has 19 heavy (non-hydrogen) atoms. The van der Waals surface area contributed by atoms with E-state index in [9.17, 15) is 4.79 Å². The molecule has 0 aromatic heterocycles. The Hall–Kier alpha value is -2.35. The molecule has 0 aliphatic heterocycles. The molecule has 0 fully saturated rings. The first kappa shape index (κ1) is 13.1. The predicted octanol–water partition coefficient (Wildman–Crippen LogP) is 4.06. The van der Waals surface area contributed by atoms with Crippen LogP contribution in [0.25, 0.3) is 5.57 Å². The zero-order valence-corrected chi connectivity index (χ0v) is 11.1. The first-order chi connectivity index (χ1) is 8.99. The minimum atomic E-state index is -0.913. The van der Waals surface area contributed by atoms with Gasteiger partial charge in [0, 0.05) is 0 Å². The molecule has 0 heterocycles. The normalized spacial score (nSPS) is 10.2. The minimum Gasteiger partial charge on any atom is -0.478 e. The topological polar surface area (TPSA) is 37.3 Å². The number of rotatable bonds is 3. The van der Waals surface area contributed by atoms with E-state index in [0.717, 1.165) is 16.7 Å². The summed E-state index contributed by atoms with van der Waals surface area (Å²) in [5, 5.41) is 8.88. The number of aryl methyl sites for hydroxylation is 2. The Morgan fingerprint density at radius 3 is 2.11 bits per heavy atom. The van der Waals surface area contributed by atoms with Crippen molar-refractivity contribution >= 4 is 11.5 Å². The summed E-state index contributed by atoms with van der Waals surface area (Å²) >= 11 is 0. The SMILES string of the molecule is C=C(c1ccc(C(=O)O)cc1)c1ccc(C)cc1C. The zero-order valence-electron chi connectivity index (χ0n) is 11.1. The van der Waals surface area contributed by atoms with Gasteiger partial charge in [-0.2, -0.15) is 0 Å². The summed E-state index contributed by atoms with van der Waals surface area (Å²) in [5.74, 6) is -0.913. The van der Waals surface area contributed by atoms with E-state index >= 15 is 0 Å². The van der Waals surface area contributed by atoms with Crippen LogP contribution in [0.15, 0.2) is 49.0 Å². The van der Waals surface area contributed by atoms with Crippen molar-refractivity contribution in [1.29, 1.82) is 0 Å². The first-order valence-corrected chi connectivity index (χ1v) is 6.09. The minimum absolute atomic E-state index is 0.289. The van der Waals surface area contributed by atoms with Gasteiger partial charge in [0.25, 0.3) is 0 Å². The van der Waals surface area contributed by atoms with Crippen LogP contribution < -0.4 is 0 Å². The summed E-state index contributed by atoms with van der Waals surface area (Å²) < 4.78 is 0. The smallest absolute Gasteiger partial charge is 0.335 e. The molecule has 0 saturated carbocycles. The van der Waals surface area contributed by atoms with Gasteiger partial charge >= 0.3 is 5.97 Å². The molecule has 2 aromatic rings. The van der Waals surface area contributed by atoms with Gasteiger partial charge < -0.3 is 5.11 Å². The highest BCUT2D eigenvalue weighted by Crippen LogP contribution is 2.25. The second kappa shape index (κ2) is 5.11. The Bertz CT molecular complexity index is 637. The molecule has 0 atom stereocenters. The van der Waals surface area contributed by atoms with Crippen molar-refractivity contribution in [3.63, 3.8) is 0 Å². The monoisotopic (exact) mass is 252 g/mol. The average molecular weight is 252 g/mol. The van der Waals surface area contributed by atoms with Gasteiger partial charge in [0.15, 0.2) is 0 Å². The van der Waals surface area contributed by atoms with Crippen molar-refractivity contribution < 1.29 is 9.90 Å². The van der Waals surface area contributed by atoms with Gasteiger partial charge in [-0.1, -0.05) is 42.5 Å². The van der Waals surface area contributed by atoms with E-state index in [1.54, 1.807) is 24.3 Å². The maximum absolute atomic E-state index is 10.8. The Morgan fingerprint density at radius 2 is 1.58 bits per heavy atom. The van der Waals surface area contributed by atoms with Crippen molar-refractivity contribution in [2.24, 2.45) is 0 Å². The van der Waals surface area contributed by atoms with Gasteiger partial charge in [-0.3, -0.25) is 0 Å². The maximum atomic E-state index is 10.8. The summed E-state index contributed by atoms with van der Waals surface area (Å²) in [6.07, 6.45) is 0. The van der Waals surface area contributed by atoms with Crippen molar-refractivity contribution in [3.05, 3.63) is 76.9 Å². The van der Waals surface area contributed by atoms with Crippen LogP contribution in [0, 0.1) is 13.8 Å². The van der Waals surface area contributed by atoms with Crippen molar-refractivity contribution in [2.45, 2.75) is 13.8 Å². The van der Waals surface area contributed by atoms with Crippen LogP contribution in [0.4, 0.5) is 0 Å². The summed E-state index contributed by atoms with van der Waals surface area (Å²) in [6.45, 7) is 8.22. The number of benzene rings is 2. The van der Waals surface area contributed by atoms with Gasteiger partial charge in [0.1, 0.15) is 0 Å². The molecule has 1 N–H and O–H groups in total. The van der Waals surface area contributed by atoms with Crippen LogP contribution in [0.3, 0.4) is 0 Å². The zero-order chi connectivity index (χ0) is 14.0. The maximum Gasteiger partial charge on any atom is 0.335 e. The van der Waals surface area contributed by atoms with Crippen LogP contribution in [0.2, 0.25) is 0 Å². The molecular weight excluding hydrogens is 236 g/mol. The van der Waals surface area contributed by atoms with Crippen LogP contribution in [-0.4, -0.2) is 11.1 Å². The molecule has 96 valence electrons. The predicted molar refractivity (Wildman–Crippen MR) is 77.5 cm³/mol. The van der Waals surface area contributed by atoms with Crippen LogP contribution >= 0.6 is 0 Å². The van der Waals surface area contributed by atoms with E-state index in [0.29, 0.717) is 0 Å². The van der Waals surface area contributed by atoms with E-state index in [2.05, 4.69) is 38.6 Å². The molecule has 0 aliphatic carbocycles. The third kappa shape index (κ3) is 2.74. The van der Waals surface area contributed by atoms with Crippen molar-refractivity contribution in [3.8, 4) is 0 Å². The van der Waals surface area contributed by atoms with E-state index in [4.69, 9.17) is 5.11 Å². The Labute approximate surface area is 113 Å². The molecular formula is C17H16O2. The highest BCUT2D eigenvalue weighted by Gasteiger charge is 2.07. The second-order valence-electron chi connectivity index (χ2n) is 4.68. The summed E-state index contributed by atoms with van der Waals surface area (Å²) in [5.41, 5.74) is 5.62. The number of carbonyl (C=O) groups is 1. The third-order valence-corrected chi connectivity index (χ3v) is 3.19. The van der Waals surface area contributed by atoms with E-state index in [1.807, 2.05) is 0 Å². The Balaban J connectivity index is 2.36. The Morgan fingerprint density at radius 1 is 1.00 bits per heavy atom. The summed E-state index contributed by atoms with van der Waals surface area (Å²) in [4.78, 5) is 10.8. The quantitative estimate of drug-likeness (QED) is 0.894. The van der Waals surface area contributed by atoms with Gasteiger partial charge in [-0.15, -0.1) is 0 Å². The molecule has 0 aliphatic rings. The van der Waals surface area contributed by atoms with Crippen LogP contribution in [0.1, 0.15) is 32.6 Å². The number of aromatic carboxylic acids is 1. The lowest BCUT2D eigenvalue weighted by molar-refractivity contribution is 0.0697. The van der Waals surface area contributed by atoms with E-state index in [1.165, 1.54) is 11.1 Å². The Kier molecular flexibility index (Phi) is 3.52. The number of hydrogen-bond acceptors (Lipinski definition) is 1. The van der Waals surface area contributed by atoms with Crippen molar-refractivity contribution in [1.82, 2.24) is 0 Å². The lowest BCUT2D eigenvalue weighted by Gasteiger charge is -2.10. The first-order valence-electron chi connectivity index (χ1n) is 6.09. The largest absolute Gasteiger partial charge is 0.478 e. The molecule has 2 nitrogen and oxygen atoms in total. The van der Waals surface area contributed by atoms with Crippen LogP contribution in [0.5, 0.6) is 0 Å². The lowest BCUT2D eigenvalue weighted by atomic mass is 9.94. The average Bonchev–Trinajstić information content (AvgIpc) is 2.38. The molecule has 2 rings (SSSR count). The van der Waals surface area contributed by atoms with E-state index < -0.39 is 5.97 Å². The van der Waals surface area contributed by atoms with Gasteiger partial charge in [-0.05, 0) is 48.2 Å². The van der Waals surface area contributed by atoms with Crippen molar-refractivity contribution in [2.75, 3.05) is 0 Å². The summed E-state index contributed by atoms with van der Waals surface area (Å²) in [6, 6.07) is 13.0. The standard InChI is InChI=1S/C17H16O2/c1-11-4-9-16(12(2)10-11)13(3)14-5-7-15(8-6-14)17(18)19/h4-10H,3H2,1-2H3,(H,18,19).